The van der Waals surface area contributed by atoms with E-state index in [4.69, 9.17) is 0 Å². The number of nitrogens with one attached hydrogen (secondary N) is 1. The quantitative estimate of drug-likeness (QED) is 0.445. The molecule has 0 aliphatic carbocycles. The van der Waals surface area contributed by atoms with E-state index in [2.05, 4.69) is 79.0 Å². The molecule has 0 fully saturated rings. The van der Waals surface area contributed by atoms with E-state index in [1.165, 1.54) is 39.2 Å². The smallest absolute Gasteiger partial charge is 0.0464 e. The third kappa shape index (κ3) is 1.56. The van der Waals surface area contributed by atoms with Crippen molar-refractivity contribution in [3.8, 4) is 22.3 Å². The van der Waals surface area contributed by atoms with Crippen molar-refractivity contribution in [1.82, 2.24) is 0 Å². The van der Waals surface area contributed by atoms with E-state index in [9.17, 15) is 0 Å². The molecule has 1 nitrogen and oxygen atoms in total. The lowest BCUT2D eigenvalue weighted by Gasteiger charge is -2.12. The molecule has 0 bridgehead atoms. The maximum Gasteiger partial charge on any atom is 0.0464 e. The van der Waals surface area contributed by atoms with Crippen LogP contribution in [-0.4, -0.2) is 0 Å². The third-order valence-corrected chi connectivity index (χ3v) is 3.96. The predicted molar refractivity (Wildman–Crippen MR) is 85.3 cm³/mol. The highest BCUT2D eigenvalue weighted by molar-refractivity contribution is 5.99. The van der Waals surface area contributed by atoms with Crippen LogP contribution in [0, 0.1) is 6.92 Å². The van der Waals surface area contributed by atoms with E-state index in [-0.39, 0.29) is 0 Å². The van der Waals surface area contributed by atoms with Gasteiger partial charge in [0.25, 0.3) is 0 Å². The molecule has 0 saturated carbocycles. The Morgan fingerprint density at radius 3 is 2.00 bits per heavy atom. The van der Waals surface area contributed by atoms with Crippen LogP contribution in [0.2, 0.25) is 0 Å². The maximum atomic E-state index is 3.58. The molecule has 0 spiro atoms. The Kier molecular flexibility index (Phi) is 2.40. The minimum Gasteiger partial charge on any atom is -0.355 e. The molecule has 3 aromatic rings. The van der Waals surface area contributed by atoms with Crippen LogP contribution >= 0.6 is 0 Å². The summed E-state index contributed by atoms with van der Waals surface area (Å²) in [4.78, 5) is 0. The number of fused-ring (bicyclic) bond motifs is 5. The molecule has 1 N–H and O–H groups in total. The van der Waals surface area contributed by atoms with Crippen LogP contribution in [0.5, 0.6) is 0 Å². The van der Waals surface area contributed by atoms with Gasteiger partial charge in [0.1, 0.15) is 0 Å². The van der Waals surface area contributed by atoms with Crippen molar-refractivity contribution >= 4 is 11.4 Å². The molecule has 1 heterocycles. The zero-order chi connectivity index (χ0) is 13.5. The van der Waals surface area contributed by atoms with Gasteiger partial charge in [0.2, 0.25) is 0 Å². The highest BCUT2D eigenvalue weighted by atomic mass is 14.9. The highest BCUT2D eigenvalue weighted by Gasteiger charge is 2.19. The predicted octanol–water partition coefficient (Wildman–Crippen LogP) is 5.39. The summed E-state index contributed by atoms with van der Waals surface area (Å²) in [6.45, 7) is 2.18. The molecular formula is C19H15N. The Morgan fingerprint density at radius 1 is 0.600 bits per heavy atom. The zero-order valence-corrected chi connectivity index (χ0v) is 11.4. The molecule has 0 aromatic heterocycles. The molecule has 4 rings (SSSR count). The first-order valence-corrected chi connectivity index (χ1v) is 6.90. The fourth-order valence-corrected chi connectivity index (χ4v) is 3.03. The zero-order valence-electron chi connectivity index (χ0n) is 11.4. The van der Waals surface area contributed by atoms with Crippen molar-refractivity contribution < 1.29 is 0 Å². The van der Waals surface area contributed by atoms with Crippen molar-refractivity contribution in [2.45, 2.75) is 6.92 Å². The average molecular weight is 257 g/mol. The first-order chi connectivity index (χ1) is 9.84. The maximum absolute atomic E-state index is 3.58. The Hall–Kier alpha value is -2.54. The third-order valence-electron chi connectivity index (χ3n) is 3.96. The fraction of sp³-hybridized carbons (Fsp3) is 0.0526. The summed E-state index contributed by atoms with van der Waals surface area (Å²) in [5, 5.41) is 3.58. The van der Waals surface area contributed by atoms with E-state index in [0.29, 0.717) is 0 Å². The lowest BCUT2D eigenvalue weighted by atomic mass is 9.91. The van der Waals surface area contributed by atoms with Crippen molar-refractivity contribution in [1.29, 1.82) is 0 Å². The summed E-state index contributed by atoms with van der Waals surface area (Å²) < 4.78 is 0. The number of hydrogen-bond acceptors (Lipinski definition) is 1. The van der Waals surface area contributed by atoms with Crippen LogP contribution in [0.1, 0.15) is 5.56 Å². The molecule has 96 valence electrons. The number of para-hydroxylation sites is 2. The van der Waals surface area contributed by atoms with E-state index >= 15 is 0 Å². The second-order valence-electron chi connectivity index (χ2n) is 5.21. The van der Waals surface area contributed by atoms with Crippen LogP contribution in [0.4, 0.5) is 11.4 Å². The molecule has 3 aromatic carbocycles. The van der Waals surface area contributed by atoms with Crippen molar-refractivity contribution in [2.24, 2.45) is 0 Å². The molecule has 0 saturated heterocycles. The molecule has 1 aliphatic heterocycles. The van der Waals surface area contributed by atoms with Gasteiger partial charge in [-0.1, -0.05) is 54.6 Å². The molecule has 1 heteroatoms. The van der Waals surface area contributed by atoms with E-state index < -0.39 is 0 Å². The van der Waals surface area contributed by atoms with Crippen LogP contribution in [0.3, 0.4) is 0 Å². The van der Waals surface area contributed by atoms with E-state index in [1.807, 2.05) is 0 Å². The van der Waals surface area contributed by atoms with Crippen molar-refractivity contribution in [3.63, 3.8) is 0 Å². The van der Waals surface area contributed by atoms with Crippen molar-refractivity contribution in [3.05, 3.63) is 72.3 Å². The largest absolute Gasteiger partial charge is 0.355 e. The Balaban J connectivity index is 2.16. The fourth-order valence-electron chi connectivity index (χ4n) is 3.03. The molecule has 0 atom stereocenters. The first-order valence-electron chi connectivity index (χ1n) is 6.90. The van der Waals surface area contributed by atoms with Crippen LogP contribution in [-0.2, 0) is 0 Å². The van der Waals surface area contributed by atoms with Gasteiger partial charge in [-0.05, 0) is 35.7 Å². The van der Waals surface area contributed by atoms with Crippen LogP contribution < -0.4 is 5.32 Å². The van der Waals surface area contributed by atoms with Gasteiger partial charge in [0.15, 0.2) is 0 Å². The summed E-state index contributed by atoms with van der Waals surface area (Å²) >= 11 is 0. The van der Waals surface area contributed by atoms with Gasteiger partial charge in [0.05, 0.1) is 0 Å². The van der Waals surface area contributed by atoms with Gasteiger partial charge in [-0.15, -0.1) is 0 Å². The van der Waals surface area contributed by atoms with Gasteiger partial charge in [-0.25, -0.2) is 0 Å². The number of rotatable bonds is 0. The van der Waals surface area contributed by atoms with Crippen molar-refractivity contribution in [2.75, 3.05) is 5.32 Å². The molecule has 20 heavy (non-hydrogen) atoms. The van der Waals surface area contributed by atoms with Gasteiger partial charge in [0, 0.05) is 22.5 Å². The van der Waals surface area contributed by atoms with Gasteiger partial charge >= 0.3 is 0 Å². The lowest BCUT2D eigenvalue weighted by molar-refractivity contribution is 1.46. The summed E-state index contributed by atoms with van der Waals surface area (Å²) in [5.41, 5.74) is 8.84. The number of anilines is 2. The molecule has 0 amide bonds. The van der Waals surface area contributed by atoms with E-state index in [0.717, 1.165) is 0 Å². The topological polar surface area (TPSA) is 12.0 Å². The average Bonchev–Trinajstić information content (AvgIpc) is 2.62. The Bertz CT molecular complexity index is 802. The highest BCUT2D eigenvalue weighted by Crippen LogP contribution is 2.45. The summed E-state index contributed by atoms with van der Waals surface area (Å²) in [7, 11) is 0. The Labute approximate surface area is 118 Å². The molecular weight excluding hydrogens is 242 g/mol. The second kappa shape index (κ2) is 4.24. The molecule has 0 radical (unpaired) electrons. The summed E-state index contributed by atoms with van der Waals surface area (Å²) in [6.07, 6.45) is 0. The molecule has 0 unspecified atom stereocenters. The number of hydrogen-bond donors (Lipinski definition) is 1. The monoisotopic (exact) mass is 257 g/mol. The van der Waals surface area contributed by atoms with E-state index in [1.54, 1.807) is 0 Å². The standard InChI is InChI=1S/C19H15N/c1-13-7-6-10-15-14-8-2-4-11-17(14)20-18-12-5-3-9-16(18)19(13)15/h2-12,20H,1H3. The number of aryl methyl sites for hydroxylation is 1. The first kappa shape index (κ1) is 11.3. The normalized spacial score (nSPS) is 11.7. The summed E-state index contributed by atoms with van der Waals surface area (Å²) in [6, 6.07) is 23.6. The Morgan fingerprint density at radius 2 is 1.20 bits per heavy atom. The minimum absolute atomic E-state index is 1.17. The minimum atomic E-state index is 1.17. The number of benzene rings is 3. The van der Waals surface area contributed by atoms with Crippen LogP contribution in [0.15, 0.2) is 66.7 Å². The second-order valence-corrected chi connectivity index (χ2v) is 5.21. The van der Waals surface area contributed by atoms with Crippen LogP contribution in [0.25, 0.3) is 22.3 Å². The van der Waals surface area contributed by atoms with Gasteiger partial charge in [-0.2, -0.15) is 0 Å². The van der Waals surface area contributed by atoms with Gasteiger partial charge < -0.3 is 5.32 Å². The molecule has 1 aliphatic rings. The van der Waals surface area contributed by atoms with Gasteiger partial charge in [-0.3, -0.25) is 0 Å². The SMILES string of the molecule is Cc1cccc2c1-c1ccccc1Nc1ccccc1-2. The summed E-state index contributed by atoms with van der Waals surface area (Å²) in [5.74, 6) is 0. The lowest BCUT2D eigenvalue weighted by Crippen LogP contribution is -1.91.